The number of aromatic nitrogens is 4. The standard InChI is InChI=1S/C35H49N7O3/c1-25-24-32(41-33(38-25)28-15-18-36-19-16-28)40-31(34(44)45-35(3,4)5)17-22-42(23-20-37-26(2)43)21-9-8-11-29-14-13-27-10-6-7-12-30(27)39-29/h13-16,18-19,24,31H,6-12,17,20-23H2,1-5H3,(H,37,43)(H,38,40,41)/t31-/m0/s1. The van der Waals surface area contributed by atoms with Gasteiger partial charge in [-0.1, -0.05) is 6.07 Å². The Hall–Kier alpha value is -3.92. The molecule has 0 aromatic carbocycles. The number of pyridine rings is 2. The Morgan fingerprint density at radius 3 is 2.51 bits per heavy atom. The lowest BCUT2D eigenvalue weighted by atomic mass is 9.95. The normalized spacial score (nSPS) is 13.6. The first kappa shape index (κ1) is 34.0. The molecule has 1 aliphatic rings. The van der Waals surface area contributed by atoms with Crippen molar-refractivity contribution in [2.75, 3.05) is 31.5 Å². The van der Waals surface area contributed by atoms with E-state index in [2.05, 4.69) is 37.6 Å². The van der Waals surface area contributed by atoms with Crippen molar-refractivity contribution in [1.82, 2.24) is 30.2 Å². The minimum atomic E-state index is -0.628. The molecule has 242 valence electrons. The number of anilines is 1. The van der Waals surface area contributed by atoms with Crippen LogP contribution in [-0.4, -0.2) is 74.5 Å². The molecule has 0 fully saturated rings. The summed E-state index contributed by atoms with van der Waals surface area (Å²) in [6.07, 6.45) is 11.6. The van der Waals surface area contributed by atoms with E-state index in [-0.39, 0.29) is 11.9 Å². The van der Waals surface area contributed by atoms with Gasteiger partial charge < -0.3 is 20.3 Å². The molecule has 4 rings (SSSR count). The van der Waals surface area contributed by atoms with Gasteiger partial charge in [-0.05, 0) is 109 Å². The Kier molecular flexibility index (Phi) is 12.4. The van der Waals surface area contributed by atoms with Crippen LogP contribution in [-0.2, 0) is 33.6 Å². The van der Waals surface area contributed by atoms with Gasteiger partial charge in [0.2, 0.25) is 5.91 Å². The highest BCUT2D eigenvalue weighted by Crippen LogP contribution is 2.21. The molecule has 10 heteroatoms. The molecule has 0 spiro atoms. The first-order chi connectivity index (χ1) is 21.6. The molecule has 45 heavy (non-hydrogen) atoms. The van der Waals surface area contributed by atoms with Gasteiger partial charge in [-0.3, -0.25) is 14.8 Å². The van der Waals surface area contributed by atoms with Crippen molar-refractivity contribution in [3.8, 4) is 11.4 Å². The van der Waals surface area contributed by atoms with Crippen molar-refractivity contribution in [3.05, 3.63) is 65.4 Å². The van der Waals surface area contributed by atoms with Crippen molar-refractivity contribution in [2.45, 2.75) is 97.6 Å². The van der Waals surface area contributed by atoms with Gasteiger partial charge >= 0.3 is 5.97 Å². The Morgan fingerprint density at radius 2 is 1.76 bits per heavy atom. The number of nitrogens with zero attached hydrogens (tertiary/aromatic N) is 5. The topological polar surface area (TPSA) is 122 Å². The van der Waals surface area contributed by atoms with Crippen molar-refractivity contribution in [3.63, 3.8) is 0 Å². The fourth-order valence-corrected chi connectivity index (χ4v) is 5.52. The number of aryl methyl sites for hydroxylation is 4. The quantitative estimate of drug-likeness (QED) is 0.178. The van der Waals surface area contributed by atoms with Gasteiger partial charge in [-0.2, -0.15) is 0 Å². The fraction of sp³-hybridized carbons (Fsp3) is 0.543. The van der Waals surface area contributed by atoms with Crippen LogP contribution in [0.15, 0.2) is 42.7 Å². The lowest BCUT2D eigenvalue weighted by Crippen LogP contribution is -2.41. The molecule has 1 amide bonds. The molecule has 3 aromatic rings. The molecule has 0 radical (unpaired) electrons. The van der Waals surface area contributed by atoms with Gasteiger partial charge in [0.15, 0.2) is 5.82 Å². The maximum Gasteiger partial charge on any atom is 0.329 e. The zero-order valence-corrected chi connectivity index (χ0v) is 27.6. The van der Waals surface area contributed by atoms with E-state index in [9.17, 15) is 9.59 Å². The second-order valence-electron chi connectivity index (χ2n) is 12.9. The molecule has 2 N–H and O–H groups in total. The summed E-state index contributed by atoms with van der Waals surface area (Å²) in [7, 11) is 0. The smallest absolute Gasteiger partial charge is 0.329 e. The molecule has 1 aliphatic carbocycles. The molecule has 0 saturated carbocycles. The van der Waals surface area contributed by atoms with Crippen molar-refractivity contribution in [2.24, 2.45) is 0 Å². The Labute approximate surface area is 267 Å². The van der Waals surface area contributed by atoms with E-state index < -0.39 is 11.6 Å². The molecular formula is C35H49N7O3. The maximum atomic E-state index is 13.4. The second kappa shape index (κ2) is 16.4. The highest BCUT2D eigenvalue weighted by atomic mass is 16.6. The number of carbonyl (C=O) groups excluding carboxylic acids is 2. The number of esters is 1. The summed E-state index contributed by atoms with van der Waals surface area (Å²) in [5.41, 5.74) is 4.86. The van der Waals surface area contributed by atoms with Gasteiger partial charge in [-0.25, -0.2) is 14.8 Å². The third kappa shape index (κ3) is 11.5. The van der Waals surface area contributed by atoms with Crippen molar-refractivity contribution < 1.29 is 14.3 Å². The summed E-state index contributed by atoms with van der Waals surface area (Å²) >= 11 is 0. The minimum absolute atomic E-state index is 0.0501. The number of unbranched alkanes of at least 4 members (excludes halogenated alkanes) is 1. The Balaban J connectivity index is 1.41. The van der Waals surface area contributed by atoms with Crippen LogP contribution in [0.1, 0.15) is 82.4 Å². The zero-order valence-electron chi connectivity index (χ0n) is 27.6. The molecular weight excluding hydrogens is 566 g/mol. The molecule has 0 bridgehead atoms. The van der Waals surface area contributed by atoms with Crippen LogP contribution in [0.4, 0.5) is 5.82 Å². The predicted octanol–water partition coefficient (Wildman–Crippen LogP) is 5.09. The lowest BCUT2D eigenvalue weighted by molar-refractivity contribution is -0.156. The molecule has 10 nitrogen and oxygen atoms in total. The first-order valence-electron chi connectivity index (χ1n) is 16.3. The number of carbonyl (C=O) groups is 2. The van der Waals surface area contributed by atoms with Crippen LogP contribution < -0.4 is 10.6 Å². The van der Waals surface area contributed by atoms with E-state index in [1.165, 1.54) is 36.7 Å². The molecule has 3 heterocycles. The number of nitrogens with one attached hydrogen (secondary N) is 2. The van der Waals surface area contributed by atoms with Crippen LogP contribution in [0.25, 0.3) is 11.4 Å². The van der Waals surface area contributed by atoms with Crippen LogP contribution >= 0.6 is 0 Å². The SMILES string of the molecule is CC(=O)NCCN(CCCCc1ccc2c(n1)CCCC2)CC[C@H](Nc1cc(C)nc(-c2ccncc2)n1)C(=O)OC(C)(C)C. The number of amides is 1. The highest BCUT2D eigenvalue weighted by molar-refractivity contribution is 5.79. The van der Waals surface area contributed by atoms with E-state index in [4.69, 9.17) is 14.7 Å². The van der Waals surface area contributed by atoms with E-state index in [1.807, 2.05) is 45.9 Å². The van der Waals surface area contributed by atoms with E-state index in [0.717, 1.165) is 49.9 Å². The Bertz CT molecular complexity index is 1410. The summed E-state index contributed by atoms with van der Waals surface area (Å²) in [6, 6.07) is 9.39. The largest absolute Gasteiger partial charge is 0.458 e. The average Bonchev–Trinajstić information content (AvgIpc) is 3.00. The Morgan fingerprint density at radius 1 is 0.978 bits per heavy atom. The summed E-state index contributed by atoms with van der Waals surface area (Å²) in [5.74, 6) is 0.746. The lowest BCUT2D eigenvalue weighted by Gasteiger charge is -2.28. The van der Waals surface area contributed by atoms with E-state index >= 15 is 0 Å². The fourth-order valence-electron chi connectivity index (χ4n) is 5.52. The summed E-state index contributed by atoms with van der Waals surface area (Å²) in [6.45, 7) is 11.8. The number of fused-ring (bicyclic) bond motifs is 1. The number of hydrogen-bond acceptors (Lipinski definition) is 9. The minimum Gasteiger partial charge on any atom is -0.458 e. The highest BCUT2D eigenvalue weighted by Gasteiger charge is 2.26. The van der Waals surface area contributed by atoms with Gasteiger partial charge in [0.25, 0.3) is 0 Å². The molecule has 1 atom stereocenters. The maximum absolute atomic E-state index is 13.4. The number of rotatable bonds is 15. The molecule has 0 saturated heterocycles. The van der Waals surface area contributed by atoms with E-state index in [1.54, 1.807) is 12.4 Å². The summed E-state index contributed by atoms with van der Waals surface area (Å²) in [4.78, 5) is 45.6. The number of hydrogen-bond donors (Lipinski definition) is 2. The summed E-state index contributed by atoms with van der Waals surface area (Å²) < 4.78 is 5.81. The zero-order chi connectivity index (χ0) is 32.2. The van der Waals surface area contributed by atoms with Crippen molar-refractivity contribution in [1.29, 1.82) is 0 Å². The average molecular weight is 616 g/mol. The van der Waals surface area contributed by atoms with Gasteiger partial charge in [-0.15, -0.1) is 0 Å². The third-order valence-corrected chi connectivity index (χ3v) is 7.74. The number of ether oxygens (including phenoxy) is 1. The van der Waals surface area contributed by atoms with Crippen LogP contribution in [0.2, 0.25) is 0 Å². The van der Waals surface area contributed by atoms with Crippen LogP contribution in [0.5, 0.6) is 0 Å². The van der Waals surface area contributed by atoms with Crippen LogP contribution in [0.3, 0.4) is 0 Å². The monoisotopic (exact) mass is 615 g/mol. The van der Waals surface area contributed by atoms with Gasteiger partial charge in [0.05, 0.1) is 0 Å². The first-order valence-corrected chi connectivity index (χ1v) is 16.3. The van der Waals surface area contributed by atoms with Crippen LogP contribution in [0, 0.1) is 6.92 Å². The molecule has 0 unspecified atom stereocenters. The second-order valence-corrected chi connectivity index (χ2v) is 12.9. The predicted molar refractivity (Wildman–Crippen MR) is 177 cm³/mol. The van der Waals surface area contributed by atoms with E-state index in [0.29, 0.717) is 37.7 Å². The third-order valence-electron chi connectivity index (χ3n) is 7.74. The summed E-state index contributed by atoms with van der Waals surface area (Å²) in [5, 5.41) is 6.26. The van der Waals surface area contributed by atoms with Gasteiger partial charge in [0, 0.05) is 67.7 Å². The van der Waals surface area contributed by atoms with Crippen molar-refractivity contribution >= 4 is 17.7 Å². The molecule has 3 aromatic heterocycles. The molecule has 0 aliphatic heterocycles. The van der Waals surface area contributed by atoms with Gasteiger partial charge in [0.1, 0.15) is 17.5 Å².